The Bertz CT molecular complexity index is 1620. The van der Waals surface area contributed by atoms with Crippen LogP contribution in [0.25, 0.3) is 10.9 Å². The summed E-state index contributed by atoms with van der Waals surface area (Å²) >= 11 is 12.6. The van der Waals surface area contributed by atoms with Crippen LogP contribution < -0.4 is 15.6 Å². The van der Waals surface area contributed by atoms with Crippen molar-refractivity contribution in [3.8, 4) is 11.5 Å². The van der Waals surface area contributed by atoms with Crippen molar-refractivity contribution in [3.05, 3.63) is 92.5 Å². The number of carbonyl (C=O) groups excluding carboxylic acids is 2. The number of nitrogens with zero attached hydrogens (tertiary/aromatic N) is 2. The molecule has 13 heteroatoms. The molecule has 0 spiro atoms. The van der Waals surface area contributed by atoms with E-state index in [1.807, 2.05) is 0 Å². The Balaban J connectivity index is 1.54. The zero-order valence-corrected chi connectivity index (χ0v) is 21.5. The Morgan fingerprint density at radius 1 is 1.05 bits per heavy atom. The van der Waals surface area contributed by atoms with E-state index >= 15 is 0 Å². The van der Waals surface area contributed by atoms with Crippen LogP contribution in [0.5, 0.6) is 11.5 Å². The highest BCUT2D eigenvalue weighted by Gasteiger charge is 2.30. The molecular weight excluding hydrogens is 562 g/mol. The van der Waals surface area contributed by atoms with Crippen molar-refractivity contribution < 1.29 is 32.2 Å². The Labute approximate surface area is 228 Å². The number of hydrogen-bond acceptors (Lipinski definition) is 6. The van der Waals surface area contributed by atoms with E-state index in [1.54, 1.807) is 0 Å². The van der Waals surface area contributed by atoms with Gasteiger partial charge in [-0.05, 0) is 42.0 Å². The third-order valence-corrected chi connectivity index (χ3v) is 6.00. The molecule has 3 aromatic carbocycles. The maximum absolute atomic E-state index is 13.0. The third-order valence-electron chi connectivity index (χ3n) is 5.44. The number of hydrogen-bond donors (Lipinski definition) is 1. The summed E-state index contributed by atoms with van der Waals surface area (Å²) < 4.78 is 50.5. The van der Waals surface area contributed by atoms with Gasteiger partial charge in [0.05, 0.1) is 46.5 Å². The molecule has 0 aliphatic rings. The SMILES string of the molecule is COC(=O)CC(=O)Nc1cc(Cl)c(Oc2ccc3c(=O)n(Cc4cccc(C(F)(F)F)c4)cnc3c2)c(Cl)c1. The second-order valence-electron chi connectivity index (χ2n) is 8.23. The van der Waals surface area contributed by atoms with Crippen LogP contribution in [0.2, 0.25) is 10.0 Å². The quantitative estimate of drug-likeness (QED) is 0.211. The van der Waals surface area contributed by atoms with E-state index < -0.39 is 35.6 Å². The van der Waals surface area contributed by atoms with Gasteiger partial charge in [-0.15, -0.1) is 0 Å². The third kappa shape index (κ3) is 6.68. The second kappa shape index (κ2) is 11.3. The van der Waals surface area contributed by atoms with E-state index in [1.165, 1.54) is 53.4 Å². The second-order valence-corrected chi connectivity index (χ2v) is 9.04. The molecule has 1 amide bonds. The molecule has 0 saturated heterocycles. The lowest BCUT2D eigenvalue weighted by atomic mass is 10.1. The van der Waals surface area contributed by atoms with Gasteiger partial charge in [-0.1, -0.05) is 35.3 Å². The fourth-order valence-corrected chi connectivity index (χ4v) is 4.18. The summed E-state index contributed by atoms with van der Waals surface area (Å²) in [5.74, 6) is -1.02. The largest absolute Gasteiger partial charge is 0.469 e. The van der Waals surface area contributed by atoms with Crippen molar-refractivity contribution in [1.29, 1.82) is 0 Å². The van der Waals surface area contributed by atoms with Crippen molar-refractivity contribution in [2.75, 3.05) is 12.4 Å². The number of esters is 1. The average molecular weight is 580 g/mol. The van der Waals surface area contributed by atoms with E-state index in [-0.39, 0.29) is 44.7 Å². The molecule has 202 valence electrons. The molecule has 8 nitrogen and oxygen atoms in total. The number of benzene rings is 3. The van der Waals surface area contributed by atoms with Crippen molar-refractivity contribution in [1.82, 2.24) is 9.55 Å². The van der Waals surface area contributed by atoms with Gasteiger partial charge in [0.15, 0.2) is 5.75 Å². The molecule has 0 aliphatic heterocycles. The van der Waals surface area contributed by atoms with Gasteiger partial charge in [-0.3, -0.25) is 19.0 Å². The first kappa shape index (κ1) is 27.9. The maximum Gasteiger partial charge on any atom is 0.416 e. The molecule has 1 heterocycles. The molecule has 1 aromatic heterocycles. The normalized spacial score (nSPS) is 11.3. The highest BCUT2D eigenvalue weighted by molar-refractivity contribution is 6.37. The summed E-state index contributed by atoms with van der Waals surface area (Å²) in [5, 5.41) is 2.81. The van der Waals surface area contributed by atoms with Crippen molar-refractivity contribution in [2.45, 2.75) is 19.1 Å². The number of ether oxygens (including phenoxy) is 2. The number of carbonyl (C=O) groups is 2. The minimum absolute atomic E-state index is 0.0560. The van der Waals surface area contributed by atoms with E-state index in [0.29, 0.717) is 5.56 Å². The van der Waals surface area contributed by atoms with Gasteiger partial charge in [0, 0.05) is 11.8 Å². The number of anilines is 1. The Morgan fingerprint density at radius 2 is 1.77 bits per heavy atom. The van der Waals surface area contributed by atoms with Crippen molar-refractivity contribution in [2.24, 2.45) is 0 Å². The van der Waals surface area contributed by atoms with Gasteiger partial charge in [0.25, 0.3) is 5.56 Å². The van der Waals surface area contributed by atoms with Gasteiger partial charge in [-0.2, -0.15) is 13.2 Å². The lowest BCUT2D eigenvalue weighted by molar-refractivity contribution is -0.143. The minimum atomic E-state index is -4.50. The summed E-state index contributed by atoms with van der Waals surface area (Å²) in [4.78, 5) is 40.4. The molecule has 0 saturated carbocycles. The number of fused-ring (bicyclic) bond motifs is 1. The van der Waals surface area contributed by atoms with Crippen molar-refractivity contribution in [3.63, 3.8) is 0 Å². The number of amides is 1. The summed E-state index contributed by atoms with van der Waals surface area (Å²) in [6.45, 7) is -0.0995. The van der Waals surface area contributed by atoms with E-state index in [9.17, 15) is 27.6 Å². The van der Waals surface area contributed by atoms with E-state index in [2.05, 4.69) is 15.0 Å². The van der Waals surface area contributed by atoms with Crippen LogP contribution in [0.3, 0.4) is 0 Å². The number of methoxy groups -OCH3 is 1. The number of halogens is 5. The molecule has 0 radical (unpaired) electrons. The highest BCUT2D eigenvalue weighted by Crippen LogP contribution is 2.39. The van der Waals surface area contributed by atoms with Gasteiger partial charge in [-0.25, -0.2) is 4.98 Å². The number of aromatic nitrogens is 2. The molecule has 0 bridgehead atoms. The van der Waals surface area contributed by atoms with Crippen LogP contribution in [-0.4, -0.2) is 28.5 Å². The Morgan fingerprint density at radius 3 is 2.44 bits per heavy atom. The van der Waals surface area contributed by atoms with Crippen LogP contribution >= 0.6 is 23.2 Å². The van der Waals surface area contributed by atoms with Crippen molar-refractivity contribution >= 4 is 51.7 Å². The number of alkyl halides is 3. The monoisotopic (exact) mass is 579 g/mol. The fourth-order valence-electron chi connectivity index (χ4n) is 3.61. The number of nitrogens with one attached hydrogen (secondary N) is 1. The first-order valence-electron chi connectivity index (χ1n) is 11.1. The molecule has 39 heavy (non-hydrogen) atoms. The fraction of sp³-hybridized carbons (Fsp3) is 0.154. The molecule has 0 atom stereocenters. The molecule has 0 unspecified atom stereocenters. The smallest absolute Gasteiger partial charge is 0.416 e. The van der Waals surface area contributed by atoms with E-state index in [0.717, 1.165) is 19.2 Å². The first-order chi connectivity index (χ1) is 18.4. The molecule has 1 N–H and O–H groups in total. The van der Waals surface area contributed by atoms with Gasteiger partial charge >= 0.3 is 12.1 Å². The zero-order chi connectivity index (χ0) is 28.3. The average Bonchev–Trinajstić information content (AvgIpc) is 2.87. The van der Waals surface area contributed by atoms with Gasteiger partial charge < -0.3 is 14.8 Å². The summed E-state index contributed by atoms with van der Waals surface area (Å²) in [5.41, 5.74) is -0.462. The molecule has 0 aliphatic carbocycles. The van der Waals surface area contributed by atoms with Crippen LogP contribution in [0.15, 0.2) is 65.7 Å². The molecule has 4 rings (SSSR count). The highest BCUT2D eigenvalue weighted by atomic mass is 35.5. The summed E-state index contributed by atoms with van der Waals surface area (Å²) in [6.07, 6.45) is -3.75. The van der Waals surface area contributed by atoms with Gasteiger partial charge in [0.1, 0.15) is 12.2 Å². The lowest BCUT2D eigenvalue weighted by Gasteiger charge is -2.13. The van der Waals surface area contributed by atoms with Crippen LogP contribution in [-0.2, 0) is 27.0 Å². The van der Waals surface area contributed by atoms with Crippen LogP contribution in [0.4, 0.5) is 18.9 Å². The van der Waals surface area contributed by atoms with E-state index in [4.69, 9.17) is 27.9 Å². The molecule has 4 aromatic rings. The predicted molar refractivity (Wildman–Crippen MR) is 138 cm³/mol. The molecular formula is C26H18Cl2F3N3O5. The Kier molecular flexibility index (Phi) is 8.12. The number of rotatable bonds is 7. The Hall–Kier alpha value is -4.09. The van der Waals surface area contributed by atoms with Crippen LogP contribution in [0.1, 0.15) is 17.5 Å². The maximum atomic E-state index is 13.0. The topological polar surface area (TPSA) is 99.5 Å². The minimum Gasteiger partial charge on any atom is -0.469 e. The zero-order valence-electron chi connectivity index (χ0n) is 20.0. The standard InChI is InChI=1S/C26H18Cl2F3N3O5/c1-38-23(36)11-22(35)33-16-8-19(27)24(20(28)9-16)39-17-5-6-18-21(10-17)32-13-34(25(18)37)12-14-3-2-4-15(7-14)26(29,30)31/h2-10,13H,11-12H2,1H3,(H,33,35). The first-order valence-corrected chi connectivity index (χ1v) is 11.9. The van der Waals surface area contributed by atoms with Crippen LogP contribution in [0, 0.1) is 0 Å². The predicted octanol–water partition coefficient (Wildman–Crippen LogP) is 6.06. The van der Waals surface area contributed by atoms with Gasteiger partial charge in [0.2, 0.25) is 5.91 Å². The summed E-state index contributed by atoms with van der Waals surface area (Å²) in [7, 11) is 1.16. The lowest BCUT2D eigenvalue weighted by Crippen LogP contribution is -2.21. The summed E-state index contributed by atoms with van der Waals surface area (Å²) in [6, 6.07) is 11.9. The molecule has 0 fully saturated rings.